The molecular weight excluding hydrogens is 261 g/mol. The summed E-state index contributed by atoms with van der Waals surface area (Å²) in [6.07, 6.45) is 1.41. The summed E-state index contributed by atoms with van der Waals surface area (Å²) in [5, 5.41) is 9.86. The lowest BCUT2D eigenvalue weighted by Gasteiger charge is -2.38. The third-order valence-corrected chi connectivity index (χ3v) is 4.13. The van der Waals surface area contributed by atoms with Gasteiger partial charge < -0.3 is 10.1 Å². The van der Waals surface area contributed by atoms with Crippen LogP contribution in [-0.2, 0) is 11.2 Å². The molecule has 5 nitrogen and oxygen atoms in total. The number of nitrogens with zero attached hydrogens (tertiary/aromatic N) is 1. The summed E-state index contributed by atoms with van der Waals surface area (Å²) in [5.74, 6) is -0.218. The summed E-state index contributed by atoms with van der Waals surface area (Å²) in [7, 11) is 0. The van der Waals surface area contributed by atoms with Crippen LogP contribution in [0.2, 0.25) is 0 Å². The van der Waals surface area contributed by atoms with Crippen LogP contribution in [0.5, 0.6) is 0 Å². The van der Waals surface area contributed by atoms with Gasteiger partial charge in [-0.3, -0.25) is 9.89 Å². The van der Waals surface area contributed by atoms with E-state index in [4.69, 9.17) is 4.74 Å². The molecule has 2 aliphatic rings. The molecule has 1 saturated carbocycles. The lowest BCUT2D eigenvalue weighted by atomic mass is 9.79. The molecule has 0 bridgehead atoms. The zero-order valence-corrected chi connectivity index (χ0v) is 12.0. The first kappa shape index (κ1) is 13.5. The maximum Gasteiger partial charge on any atom is 0.272 e. The van der Waals surface area contributed by atoms with E-state index in [2.05, 4.69) is 15.5 Å². The predicted octanol–water partition coefficient (Wildman–Crippen LogP) is 2.05. The van der Waals surface area contributed by atoms with Crippen molar-refractivity contribution in [2.24, 2.45) is 0 Å². The standard InChI is InChI=1S/C14H20FN3O2/c1-7-4-10-11(8(2)20-7)17-18-12(10)13(19)16-9-5-14(3,15)6-9/h7-9H,4-6H2,1-3H3,(H,16,19)(H,17,18)/t7-,8+,9?,14?/m1/s1. The van der Waals surface area contributed by atoms with Crippen LogP contribution in [0.3, 0.4) is 0 Å². The maximum absolute atomic E-state index is 13.4. The van der Waals surface area contributed by atoms with Crippen molar-refractivity contribution < 1.29 is 13.9 Å². The number of aromatic amines is 1. The molecule has 1 fully saturated rings. The highest BCUT2D eigenvalue weighted by atomic mass is 19.1. The van der Waals surface area contributed by atoms with Crippen LogP contribution < -0.4 is 5.32 Å². The first-order valence-electron chi connectivity index (χ1n) is 7.08. The van der Waals surface area contributed by atoms with Crippen molar-refractivity contribution in [2.75, 3.05) is 0 Å². The van der Waals surface area contributed by atoms with Gasteiger partial charge in [-0.1, -0.05) is 0 Å². The number of hydrogen-bond acceptors (Lipinski definition) is 3. The fraction of sp³-hybridized carbons (Fsp3) is 0.714. The molecule has 0 spiro atoms. The number of rotatable bonds is 2. The first-order chi connectivity index (χ1) is 9.35. The Balaban J connectivity index is 1.73. The maximum atomic E-state index is 13.4. The lowest BCUT2D eigenvalue weighted by molar-refractivity contribution is -0.00698. The monoisotopic (exact) mass is 281 g/mol. The molecule has 0 unspecified atom stereocenters. The number of alkyl halides is 1. The molecule has 2 N–H and O–H groups in total. The Kier molecular flexibility index (Phi) is 3.08. The molecule has 2 atom stereocenters. The van der Waals surface area contributed by atoms with Crippen molar-refractivity contribution >= 4 is 5.91 Å². The van der Waals surface area contributed by atoms with E-state index in [1.807, 2.05) is 13.8 Å². The summed E-state index contributed by atoms with van der Waals surface area (Å²) in [6, 6.07) is -0.0838. The average molecular weight is 281 g/mol. The third-order valence-electron chi connectivity index (χ3n) is 4.13. The summed E-state index contributed by atoms with van der Waals surface area (Å²) >= 11 is 0. The number of fused-ring (bicyclic) bond motifs is 1. The summed E-state index contributed by atoms with van der Waals surface area (Å²) < 4.78 is 19.1. The number of hydrogen-bond donors (Lipinski definition) is 2. The number of nitrogens with one attached hydrogen (secondary N) is 2. The van der Waals surface area contributed by atoms with Gasteiger partial charge >= 0.3 is 0 Å². The van der Waals surface area contributed by atoms with Crippen molar-refractivity contribution in [2.45, 2.75) is 64.0 Å². The zero-order chi connectivity index (χ0) is 14.5. The van der Waals surface area contributed by atoms with E-state index in [0.29, 0.717) is 25.0 Å². The highest BCUT2D eigenvalue weighted by molar-refractivity contribution is 5.94. The molecule has 1 aromatic rings. The SMILES string of the molecule is C[C@@H]1Cc2c(C(=O)NC3CC(C)(F)C3)n[nH]c2[C@H](C)O1. The van der Waals surface area contributed by atoms with E-state index in [-0.39, 0.29) is 24.2 Å². The quantitative estimate of drug-likeness (QED) is 0.872. The normalized spacial score (nSPS) is 36.1. The van der Waals surface area contributed by atoms with Gasteiger partial charge in [0.15, 0.2) is 5.69 Å². The van der Waals surface area contributed by atoms with Crippen LogP contribution in [0.1, 0.15) is 61.5 Å². The fourth-order valence-corrected chi connectivity index (χ4v) is 3.18. The molecule has 0 radical (unpaired) electrons. The van der Waals surface area contributed by atoms with Crippen LogP contribution in [0.15, 0.2) is 0 Å². The molecule has 110 valence electrons. The second-order valence-electron chi connectivity index (χ2n) is 6.25. The summed E-state index contributed by atoms with van der Waals surface area (Å²) in [4.78, 5) is 12.2. The van der Waals surface area contributed by atoms with Crippen molar-refractivity contribution in [1.82, 2.24) is 15.5 Å². The van der Waals surface area contributed by atoms with Crippen LogP contribution in [0.25, 0.3) is 0 Å². The van der Waals surface area contributed by atoms with Crippen molar-refractivity contribution in [1.29, 1.82) is 0 Å². The molecule has 1 aromatic heterocycles. The summed E-state index contributed by atoms with van der Waals surface area (Å²) in [6.45, 7) is 5.48. The number of carbonyl (C=O) groups is 1. The van der Waals surface area contributed by atoms with Gasteiger partial charge in [0.1, 0.15) is 5.67 Å². The second kappa shape index (κ2) is 4.55. The molecule has 1 aliphatic heterocycles. The number of halogens is 1. The highest BCUT2D eigenvalue weighted by Gasteiger charge is 2.42. The number of ether oxygens (including phenoxy) is 1. The number of aromatic nitrogens is 2. The van der Waals surface area contributed by atoms with E-state index >= 15 is 0 Å². The van der Waals surface area contributed by atoms with Crippen molar-refractivity contribution in [3.05, 3.63) is 17.0 Å². The highest BCUT2D eigenvalue weighted by Crippen LogP contribution is 2.36. The number of H-pyrrole nitrogens is 1. The molecular formula is C14H20FN3O2. The Morgan fingerprint density at radius 1 is 1.50 bits per heavy atom. The van der Waals surface area contributed by atoms with Crippen LogP contribution in [-0.4, -0.2) is 33.9 Å². The van der Waals surface area contributed by atoms with Gasteiger partial charge in [0.05, 0.1) is 17.9 Å². The Hall–Kier alpha value is -1.43. The smallest absolute Gasteiger partial charge is 0.272 e. The predicted molar refractivity (Wildman–Crippen MR) is 71.3 cm³/mol. The van der Waals surface area contributed by atoms with E-state index in [1.165, 1.54) is 0 Å². The zero-order valence-electron chi connectivity index (χ0n) is 12.0. The largest absolute Gasteiger partial charge is 0.369 e. The fourth-order valence-electron chi connectivity index (χ4n) is 3.18. The molecule has 1 aliphatic carbocycles. The molecule has 6 heteroatoms. The second-order valence-corrected chi connectivity index (χ2v) is 6.25. The van der Waals surface area contributed by atoms with Gasteiger partial charge in [-0.05, 0) is 20.8 Å². The van der Waals surface area contributed by atoms with E-state index in [1.54, 1.807) is 6.92 Å². The minimum absolute atomic E-state index is 0.0690. The number of carbonyl (C=O) groups excluding carboxylic acids is 1. The lowest BCUT2D eigenvalue weighted by Crippen LogP contribution is -2.51. The van der Waals surface area contributed by atoms with Gasteiger partial charge in [0, 0.05) is 30.9 Å². The Labute approximate surface area is 117 Å². The van der Waals surface area contributed by atoms with Gasteiger partial charge in [0.25, 0.3) is 5.91 Å². The van der Waals surface area contributed by atoms with Gasteiger partial charge in [0.2, 0.25) is 0 Å². The van der Waals surface area contributed by atoms with Gasteiger partial charge in [-0.15, -0.1) is 0 Å². The van der Waals surface area contributed by atoms with Crippen LogP contribution in [0.4, 0.5) is 4.39 Å². The van der Waals surface area contributed by atoms with E-state index in [9.17, 15) is 9.18 Å². The van der Waals surface area contributed by atoms with E-state index in [0.717, 1.165) is 11.3 Å². The number of amides is 1. The molecule has 1 amide bonds. The molecule has 2 heterocycles. The molecule has 20 heavy (non-hydrogen) atoms. The Morgan fingerprint density at radius 2 is 2.20 bits per heavy atom. The van der Waals surface area contributed by atoms with Crippen molar-refractivity contribution in [3.8, 4) is 0 Å². The molecule has 3 rings (SSSR count). The Bertz CT molecular complexity index is 533. The first-order valence-corrected chi connectivity index (χ1v) is 7.08. The van der Waals surface area contributed by atoms with Gasteiger partial charge in [-0.2, -0.15) is 5.10 Å². The van der Waals surface area contributed by atoms with Crippen LogP contribution in [0, 0.1) is 0 Å². The molecule has 0 aromatic carbocycles. The molecule has 0 saturated heterocycles. The van der Waals surface area contributed by atoms with Gasteiger partial charge in [-0.25, -0.2) is 4.39 Å². The average Bonchev–Trinajstić information content (AvgIpc) is 2.70. The van der Waals surface area contributed by atoms with E-state index < -0.39 is 5.67 Å². The minimum Gasteiger partial charge on any atom is -0.369 e. The Morgan fingerprint density at radius 3 is 2.85 bits per heavy atom. The van der Waals surface area contributed by atoms with Crippen LogP contribution >= 0.6 is 0 Å². The van der Waals surface area contributed by atoms with Crippen molar-refractivity contribution in [3.63, 3.8) is 0 Å². The minimum atomic E-state index is -1.14. The third kappa shape index (κ3) is 2.32. The topological polar surface area (TPSA) is 67.0 Å². The summed E-state index contributed by atoms with van der Waals surface area (Å²) in [5.41, 5.74) is 1.09.